The molecule has 0 spiro atoms. The highest BCUT2D eigenvalue weighted by molar-refractivity contribution is 7.90. The van der Waals surface area contributed by atoms with E-state index in [1.165, 1.54) is 0 Å². The van der Waals surface area contributed by atoms with E-state index in [4.69, 9.17) is 15.6 Å². The number of hydrogen-bond donors (Lipinski definition) is 2. The zero-order valence-corrected chi connectivity index (χ0v) is 11.5. The van der Waals surface area contributed by atoms with Crippen LogP contribution in [0.25, 0.3) is 0 Å². The number of hydrogen-bond acceptors (Lipinski definition) is 4. The second-order valence-corrected chi connectivity index (χ2v) is 7.00. The molecule has 2 fully saturated rings. The van der Waals surface area contributed by atoms with E-state index in [-0.39, 0.29) is 11.3 Å². The third-order valence-electron chi connectivity index (χ3n) is 3.05. The molecule has 3 N–H and O–H groups in total. The number of carbonyl (C=O) groups is 1. The van der Waals surface area contributed by atoms with Crippen LogP contribution < -0.4 is 5.73 Å². The second kappa shape index (κ2) is 6.27. The van der Waals surface area contributed by atoms with Gasteiger partial charge >= 0.3 is 12.1 Å². The van der Waals surface area contributed by atoms with Crippen molar-refractivity contribution in [3.63, 3.8) is 0 Å². The van der Waals surface area contributed by atoms with Gasteiger partial charge in [0.05, 0.1) is 5.25 Å². The highest BCUT2D eigenvalue weighted by atomic mass is 32.2. The van der Waals surface area contributed by atoms with Crippen LogP contribution in [0.5, 0.6) is 0 Å². The summed E-state index contributed by atoms with van der Waals surface area (Å²) in [6.07, 6.45) is -1.76. The molecule has 0 bridgehead atoms. The molecule has 1 saturated heterocycles. The number of nitrogens with two attached hydrogens (primary N) is 1. The van der Waals surface area contributed by atoms with Crippen LogP contribution >= 0.6 is 0 Å². The number of halogens is 3. The van der Waals surface area contributed by atoms with Crippen LogP contribution in [0.1, 0.15) is 25.7 Å². The predicted octanol–water partition coefficient (Wildman–Crippen LogP) is 0.535. The van der Waals surface area contributed by atoms with E-state index in [0.29, 0.717) is 13.1 Å². The van der Waals surface area contributed by atoms with Gasteiger partial charge in [0, 0.05) is 19.1 Å². The van der Waals surface area contributed by atoms with Gasteiger partial charge in [-0.1, -0.05) is 0 Å². The van der Waals surface area contributed by atoms with Gasteiger partial charge in [0.25, 0.3) is 0 Å². The van der Waals surface area contributed by atoms with Gasteiger partial charge in [-0.3, -0.25) is 0 Å². The first kappa shape index (κ1) is 17.2. The molecule has 2 aliphatic rings. The lowest BCUT2D eigenvalue weighted by Gasteiger charge is -2.29. The molecule has 6 nitrogen and oxygen atoms in total. The highest BCUT2D eigenvalue weighted by Crippen LogP contribution is 2.32. The van der Waals surface area contributed by atoms with Gasteiger partial charge in [-0.15, -0.1) is 0 Å². The summed E-state index contributed by atoms with van der Waals surface area (Å²) in [7, 11) is -2.93. The molecule has 1 heterocycles. The summed E-state index contributed by atoms with van der Waals surface area (Å²) in [5, 5.41) is 7.06. The van der Waals surface area contributed by atoms with E-state index >= 15 is 0 Å². The van der Waals surface area contributed by atoms with Crippen molar-refractivity contribution in [3.8, 4) is 0 Å². The van der Waals surface area contributed by atoms with Crippen LogP contribution in [0.2, 0.25) is 0 Å². The molecule has 0 aromatic carbocycles. The quantitative estimate of drug-likeness (QED) is 0.774. The van der Waals surface area contributed by atoms with Gasteiger partial charge in [-0.05, 0) is 25.7 Å². The minimum atomic E-state index is -5.08. The normalized spacial score (nSPS) is 22.0. The maximum absolute atomic E-state index is 11.7. The van der Waals surface area contributed by atoms with Crippen LogP contribution in [0.4, 0.5) is 13.2 Å². The average Bonchev–Trinajstić information content (AvgIpc) is 3.13. The number of nitrogens with zero attached hydrogens (tertiary/aromatic N) is 1. The smallest absolute Gasteiger partial charge is 0.475 e. The molecule has 1 aliphatic carbocycles. The molecule has 0 amide bonds. The van der Waals surface area contributed by atoms with Gasteiger partial charge in [0.1, 0.15) is 0 Å². The highest BCUT2D eigenvalue weighted by Gasteiger charge is 2.40. The Balaban J connectivity index is 0.000000246. The molecule has 0 unspecified atom stereocenters. The molecular weight excluding hydrogens is 301 g/mol. The molecule has 0 aromatic heterocycles. The summed E-state index contributed by atoms with van der Waals surface area (Å²) < 4.78 is 56.8. The van der Waals surface area contributed by atoms with E-state index in [1.807, 2.05) is 0 Å². The fourth-order valence-corrected chi connectivity index (χ4v) is 3.58. The van der Waals surface area contributed by atoms with Crippen LogP contribution in [0.15, 0.2) is 0 Å². The molecule has 0 aromatic rings. The molecule has 1 saturated carbocycles. The van der Waals surface area contributed by atoms with Crippen molar-refractivity contribution in [2.24, 2.45) is 5.73 Å². The zero-order valence-electron chi connectivity index (χ0n) is 10.6. The van der Waals surface area contributed by atoms with Crippen LogP contribution in [0.3, 0.4) is 0 Å². The van der Waals surface area contributed by atoms with Gasteiger partial charge in [0.2, 0.25) is 10.0 Å². The fourth-order valence-electron chi connectivity index (χ4n) is 1.71. The molecule has 1 aliphatic heterocycles. The number of alkyl halides is 3. The minimum absolute atomic E-state index is 0.0678. The number of carboxylic acids is 1. The van der Waals surface area contributed by atoms with Gasteiger partial charge in [-0.25, -0.2) is 17.5 Å². The summed E-state index contributed by atoms with van der Waals surface area (Å²) >= 11 is 0. The topological polar surface area (TPSA) is 101 Å². The Bertz CT molecular complexity index is 440. The number of sulfonamides is 1. The summed E-state index contributed by atoms with van der Waals surface area (Å²) in [6.45, 7) is 1.25. The fraction of sp³-hybridized carbons (Fsp3) is 0.900. The zero-order chi connectivity index (χ0) is 15.6. The number of piperidine rings is 1. The molecular formula is C10H17F3N2O4S. The Kier molecular flexibility index (Phi) is 5.39. The second-order valence-electron chi connectivity index (χ2n) is 4.78. The van der Waals surface area contributed by atoms with Crippen molar-refractivity contribution in [2.75, 3.05) is 13.1 Å². The molecule has 0 atom stereocenters. The lowest BCUT2D eigenvalue weighted by atomic mass is 10.1. The Morgan fingerprint density at radius 1 is 1.15 bits per heavy atom. The Morgan fingerprint density at radius 2 is 1.55 bits per heavy atom. The monoisotopic (exact) mass is 318 g/mol. The number of rotatable bonds is 2. The van der Waals surface area contributed by atoms with Crippen molar-refractivity contribution in [1.82, 2.24) is 4.31 Å². The van der Waals surface area contributed by atoms with Crippen molar-refractivity contribution < 1.29 is 31.5 Å². The average molecular weight is 318 g/mol. The summed E-state index contributed by atoms with van der Waals surface area (Å²) in [5.74, 6) is -2.76. The first-order valence-corrected chi connectivity index (χ1v) is 7.60. The van der Waals surface area contributed by atoms with E-state index in [0.717, 1.165) is 25.7 Å². The van der Waals surface area contributed by atoms with Gasteiger partial charge in [-0.2, -0.15) is 13.2 Å². The van der Waals surface area contributed by atoms with Crippen LogP contribution in [-0.2, 0) is 14.8 Å². The number of carboxylic acid groups (broad SMARTS) is 1. The van der Waals surface area contributed by atoms with Crippen molar-refractivity contribution >= 4 is 16.0 Å². The summed E-state index contributed by atoms with van der Waals surface area (Å²) in [5.41, 5.74) is 5.71. The third kappa shape index (κ3) is 4.91. The molecule has 118 valence electrons. The Labute approximate surface area is 114 Å². The van der Waals surface area contributed by atoms with Crippen LogP contribution in [-0.4, -0.2) is 54.4 Å². The Hall–Kier alpha value is -0.870. The standard InChI is InChI=1S/C8H16N2O2S.C2HF3O2/c9-7-3-5-10(6-4-7)13(11,12)8-1-2-8;3-2(4,5)1(6)7/h7-8H,1-6,9H2;(H,6,7). The molecule has 10 heteroatoms. The first-order chi connectivity index (χ1) is 9.05. The minimum Gasteiger partial charge on any atom is -0.475 e. The van der Waals surface area contributed by atoms with Gasteiger partial charge in [0.15, 0.2) is 0 Å². The first-order valence-electron chi connectivity index (χ1n) is 6.10. The maximum Gasteiger partial charge on any atom is 0.490 e. The summed E-state index contributed by atoms with van der Waals surface area (Å²) in [6, 6.07) is 0.200. The van der Waals surface area contributed by atoms with Crippen molar-refractivity contribution in [1.29, 1.82) is 0 Å². The van der Waals surface area contributed by atoms with Gasteiger partial charge < -0.3 is 10.8 Å². The molecule has 0 radical (unpaired) electrons. The van der Waals surface area contributed by atoms with E-state index in [2.05, 4.69) is 0 Å². The number of aliphatic carboxylic acids is 1. The lowest BCUT2D eigenvalue weighted by Crippen LogP contribution is -2.44. The third-order valence-corrected chi connectivity index (χ3v) is 5.45. The lowest BCUT2D eigenvalue weighted by molar-refractivity contribution is -0.192. The molecule has 2 rings (SSSR count). The van der Waals surface area contributed by atoms with E-state index < -0.39 is 22.2 Å². The molecule has 20 heavy (non-hydrogen) atoms. The largest absolute Gasteiger partial charge is 0.490 e. The predicted molar refractivity (Wildman–Crippen MR) is 64.4 cm³/mol. The SMILES string of the molecule is NC1CCN(S(=O)(=O)C2CC2)CC1.O=C(O)C(F)(F)F. The summed E-state index contributed by atoms with van der Waals surface area (Å²) in [4.78, 5) is 8.90. The van der Waals surface area contributed by atoms with Crippen molar-refractivity contribution in [2.45, 2.75) is 43.2 Å². The van der Waals surface area contributed by atoms with Crippen LogP contribution in [0, 0.1) is 0 Å². The maximum atomic E-state index is 11.7. The van der Waals surface area contributed by atoms with E-state index in [9.17, 15) is 21.6 Å². The Morgan fingerprint density at radius 3 is 1.85 bits per heavy atom. The van der Waals surface area contributed by atoms with E-state index in [1.54, 1.807) is 4.31 Å². The van der Waals surface area contributed by atoms with Crippen molar-refractivity contribution in [3.05, 3.63) is 0 Å².